The van der Waals surface area contributed by atoms with Crippen molar-refractivity contribution in [1.82, 2.24) is 14.8 Å². The zero-order chi connectivity index (χ0) is 14.7. The van der Waals surface area contributed by atoms with Crippen molar-refractivity contribution >= 4 is 5.97 Å². The minimum atomic E-state index is -0.450. The first kappa shape index (κ1) is 14.0. The van der Waals surface area contributed by atoms with Gasteiger partial charge in [-0.05, 0) is 12.1 Å². The number of aromatic nitrogens is 3. The number of hydrogen-bond acceptors (Lipinski definition) is 6. The molecule has 2 aromatic rings. The number of aromatic hydroxyl groups is 1. The van der Waals surface area contributed by atoms with E-state index in [0.717, 1.165) is 0 Å². The summed E-state index contributed by atoms with van der Waals surface area (Å²) in [6.45, 7) is 1.00. The van der Waals surface area contributed by atoms with E-state index in [4.69, 9.17) is 4.74 Å². The zero-order valence-corrected chi connectivity index (χ0v) is 11.2. The maximum atomic E-state index is 10.8. The van der Waals surface area contributed by atoms with Gasteiger partial charge in [0.1, 0.15) is 18.1 Å². The van der Waals surface area contributed by atoms with Gasteiger partial charge in [-0.15, -0.1) is 0 Å². The molecule has 0 atom stereocenters. The first-order valence-electron chi connectivity index (χ1n) is 5.97. The second-order valence-corrected chi connectivity index (χ2v) is 4.23. The van der Waals surface area contributed by atoms with Gasteiger partial charge in [0.15, 0.2) is 0 Å². The van der Waals surface area contributed by atoms with E-state index in [1.807, 2.05) is 0 Å². The summed E-state index contributed by atoms with van der Waals surface area (Å²) in [6, 6.07) is 3.08. The maximum absolute atomic E-state index is 10.8. The first-order valence-corrected chi connectivity index (χ1v) is 5.97. The van der Waals surface area contributed by atoms with Crippen molar-refractivity contribution < 1.29 is 19.7 Å². The van der Waals surface area contributed by atoms with Gasteiger partial charge in [0.2, 0.25) is 0 Å². The summed E-state index contributed by atoms with van der Waals surface area (Å²) in [7, 11) is 1.72. The second-order valence-electron chi connectivity index (χ2n) is 4.23. The van der Waals surface area contributed by atoms with E-state index in [2.05, 4.69) is 10.1 Å². The number of hydrogen-bond donors (Lipinski definition) is 2. The molecular formula is C13H15N3O4. The Balaban J connectivity index is 2.37. The number of aryl methyl sites for hydroxylation is 1. The lowest BCUT2D eigenvalue weighted by molar-refractivity contribution is -0.142. The van der Waals surface area contributed by atoms with E-state index in [1.165, 1.54) is 13.0 Å². The van der Waals surface area contributed by atoms with E-state index in [0.29, 0.717) is 17.0 Å². The molecule has 0 bridgehead atoms. The molecule has 20 heavy (non-hydrogen) atoms. The smallest absolute Gasteiger partial charge is 0.303 e. The predicted octanol–water partition coefficient (Wildman–Crippen LogP) is 0.743. The molecule has 0 saturated heterocycles. The molecule has 0 radical (unpaired) electrons. The summed E-state index contributed by atoms with van der Waals surface area (Å²) in [5.74, 6) is -0.501. The van der Waals surface area contributed by atoms with Gasteiger partial charge < -0.3 is 14.9 Å². The number of pyridine rings is 1. The lowest BCUT2D eigenvalue weighted by Gasteiger charge is -2.07. The highest BCUT2D eigenvalue weighted by Crippen LogP contribution is 2.25. The van der Waals surface area contributed by atoms with Crippen LogP contribution in [0.3, 0.4) is 0 Å². The molecule has 0 aliphatic carbocycles. The molecule has 2 rings (SSSR count). The van der Waals surface area contributed by atoms with Crippen molar-refractivity contribution in [2.24, 2.45) is 7.05 Å². The van der Waals surface area contributed by atoms with Crippen molar-refractivity contribution in [1.29, 1.82) is 0 Å². The number of aliphatic hydroxyl groups excluding tert-OH is 1. The molecule has 0 aliphatic rings. The van der Waals surface area contributed by atoms with Crippen LogP contribution >= 0.6 is 0 Å². The molecule has 2 aromatic heterocycles. The summed E-state index contributed by atoms with van der Waals surface area (Å²) in [4.78, 5) is 15.1. The number of carbonyl (C=O) groups is 1. The Kier molecular flexibility index (Phi) is 3.99. The number of ether oxygens (including phenoxy) is 1. The van der Waals surface area contributed by atoms with E-state index in [1.54, 1.807) is 24.0 Å². The monoisotopic (exact) mass is 277 g/mol. The number of carbonyl (C=O) groups excluding carboxylic acids is 1. The molecule has 0 unspecified atom stereocenters. The summed E-state index contributed by atoms with van der Waals surface area (Å²) >= 11 is 0. The van der Waals surface area contributed by atoms with Crippen LogP contribution < -0.4 is 0 Å². The van der Waals surface area contributed by atoms with Crippen LogP contribution in [0, 0.1) is 0 Å². The molecule has 0 amide bonds. The Labute approximate surface area is 115 Å². The molecule has 0 saturated carbocycles. The minimum absolute atomic E-state index is 0.0514. The number of rotatable bonds is 4. The average molecular weight is 277 g/mol. The summed E-state index contributed by atoms with van der Waals surface area (Å²) in [5.41, 5.74) is 2.08. The van der Waals surface area contributed by atoms with Crippen LogP contribution in [0.15, 0.2) is 18.3 Å². The molecule has 2 N–H and O–H groups in total. The van der Waals surface area contributed by atoms with Gasteiger partial charge in [0.05, 0.1) is 24.2 Å². The Morgan fingerprint density at radius 1 is 1.45 bits per heavy atom. The molecule has 0 fully saturated rings. The fourth-order valence-corrected chi connectivity index (χ4v) is 1.78. The van der Waals surface area contributed by atoms with Crippen LogP contribution in [0.2, 0.25) is 0 Å². The third-order valence-corrected chi connectivity index (χ3v) is 2.85. The molecular weight excluding hydrogens is 262 g/mol. The van der Waals surface area contributed by atoms with Crippen LogP contribution in [-0.4, -0.2) is 30.9 Å². The third kappa shape index (κ3) is 2.77. The van der Waals surface area contributed by atoms with Crippen LogP contribution in [0.25, 0.3) is 11.3 Å². The summed E-state index contributed by atoms with van der Waals surface area (Å²) in [5, 5.41) is 23.1. The molecule has 106 valence electrons. The number of aliphatic hydroxyl groups is 1. The Morgan fingerprint density at radius 3 is 2.85 bits per heavy atom. The van der Waals surface area contributed by atoms with Gasteiger partial charge >= 0.3 is 5.97 Å². The fourth-order valence-electron chi connectivity index (χ4n) is 1.78. The van der Waals surface area contributed by atoms with Gasteiger partial charge in [0.25, 0.3) is 0 Å². The number of esters is 1. The third-order valence-electron chi connectivity index (χ3n) is 2.85. The second kappa shape index (κ2) is 5.70. The van der Waals surface area contributed by atoms with Gasteiger partial charge in [-0.1, -0.05) is 0 Å². The van der Waals surface area contributed by atoms with E-state index >= 15 is 0 Å². The van der Waals surface area contributed by atoms with E-state index in [-0.39, 0.29) is 24.7 Å². The highest BCUT2D eigenvalue weighted by Gasteiger charge is 2.13. The molecule has 0 aliphatic heterocycles. The molecule has 0 spiro atoms. The highest BCUT2D eigenvalue weighted by atomic mass is 16.5. The fraction of sp³-hybridized carbons (Fsp3) is 0.308. The number of nitrogens with zero attached hydrogens (tertiary/aromatic N) is 3. The van der Waals surface area contributed by atoms with Gasteiger partial charge in [-0.3, -0.25) is 9.48 Å². The van der Waals surface area contributed by atoms with Crippen molar-refractivity contribution in [3.8, 4) is 17.0 Å². The van der Waals surface area contributed by atoms with Crippen LogP contribution in [0.5, 0.6) is 5.75 Å². The SMILES string of the molecule is CC(=O)OCc1nc(-c2cnn(C)c2CO)ccc1O. The Hall–Kier alpha value is -2.41. The van der Waals surface area contributed by atoms with Crippen molar-refractivity contribution in [3.05, 3.63) is 29.7 Å². The Bertz CT molecular complexity index is 637. The topological polar surface area (TPSA) is 97.5 Å². The Morgan fingerprint density at radius 2 is 2.20 bits per heavy atom. The van der Waals surface area contributed by atoms with Crippen molar-refractivity contribution in [3.63, 3.8) is 0 Å². The van der Waals surface area contributed by atoms with E-state index < -0.39 is 5.97 Å². The predicted molar refractivity (Wildman–Crippen MR) is 69.5 cm³/mol. The van der Waals surface area contributed by atoms with Crippen LogP contribution in [0.1, 0.15) is 18.3 Å². The summed E-state index contributed by atoms with van der Waals surface area (Å²) in [6.07, 6.45) is 1.58. The zero-order valence-electron chi connectivity index (χ0n) is 11.2. The summed E-state index contributed by atoms with van der Waals surface area (Å²) < 4.78 is 6.38. The molecule has 7 nitrogen and oxygen atoms in total. The largest absolute Gasteiger partial charge is 0.506 e. The first-order chi connectivity index (χ1) is 9.52. The maximum Gasteiger partial charge on any atom is 0.303 e. The quantitative estimate of drug-likeness (QED) is 0.800. The lowest BCUT2D eigenvalue weighted by Crippen LogP contribution is -2.03. The molecule has 7 heteroatoms. The van der Waals surface area contributed by atoms with Gasteiger partial charge in [-0.2, -0.15) is 5.10 Å². The van der Waals surface area contributed by atoms with Gasteiger partial charge in [0, 0.05) is 19.5 Å². The van der Waals surface area contributed by atoms with E-state index in [9.17, 15) is 15.0 Å². The molecule has 0 aromatic carbocycles. The van der Waals surface area contributed by atoms with Gasteiger partial charge in [-0.25, -0.2) is 4.98 Å². The normalized spacial score (nSPS) is 10.6. The standard InChI is InChI=1S/C13H15N3O4/c1-8(18)20-7-11-13(19)4-3-10(15-11)9-5-14-16(2)12(9)6-17/h3-5,17,19H,6-7H2,1-2H3. The average Bonchev–Trinajstić information content (AvgIpc) is 2.78. The lowest BCUT2D eigenvalue weighted by atomic mass is 10.1. The van der Waals surface area contributed by atoms with Crippen molar-refractivity contribution in [2.45, 2.75) is 20.1 Å². The molecule has 2 heterocycles. The van der Waals surface area contributed by atoms with Crippen molar-refractivity contribution in [2.75, 3.05) is 0 Å². The minimum Gasteiger partial charge on any atom is -0.506 e. The van der Waals surface area contributed by atoms with Crippen LogP contribution in [0.4, 0.5) is 0 Å². The van der Waals surface area contributed by atoms with Crippen LogP contribution in [-0.2, 0) is 29.8 Å². The highest BCUT2D eigenvalue weighted by molar-refractivity contribution is 5.66.